The van der Waals surface area contributed by atoms with Crippen molar-refractivity contribution in [3.8, 4) is 11.5 Å². The predicted molar refractivity (Wildman–Crippen MR) is 81.7 cm³/mol. The van der Waals surface area contributed by atoms with Crippen LogP contribution in [-0.2, 0) is 11.2 Å². The molecule has 1 N–H and O–H groups in total. The van der Waals surface area contributed by atoms with Gasteiger partial charge < -0.3 is 9.47 Å². The zero-order valence-electron chi connectivity index (χ0n) is 11.5. The Morgan fingerprint density at radius 3 is 3.10 bits per heavy atom. The highest BCUT2D eigenvalue weighted by Crippen LogP contribution is 2.32. The third-order valence-electron chi connectivity index (χ3n) is 2.97. The minimum atomic E-state index is -0.204. The van der Waals surface area contributed by atoms with E-state index in [1.807, 2.05) is 30.5 Å². The lowest BCUT2D eigenvalue weighted by Crippen LogP contribution is -2.07. The third-order valence-corrected chi connectivity index (χ3v) is 3.77. The molecule has 108 valence electrons. The lowest BCUT2D eigenvalue weighted by molar-refractivity contribution is -0.111. The Morgan fingerprint density at radius 1 is 1.43 bits per heavy atom. The number of nitrogens with zero attached hydrogens (tertiary/aromatic N) is 1. The normalized spacial score (nSPS) is 12.8. The number of amides is 1. The number of carbonyl (C=O) groups excluding carboxylic acids is 1. The van der Waals surface area contributed by atoms with E-state index in [1.165, 1.54) is 17.4 Å². The first-order chi connectivity index (χ1) is 10.2. The molecule has 0 bridgehead atoms. The van der Waals surface area contributed by atoms with Crippen molar-refractivity contribution in [1.82, 2.24) is 4.98 Å². The van der Waals surface area contributed by atoms with Crippen LogP contribution in [0.4, 0.5) is 5.13 Å². The first kappa shape index (κ1) is 13.6. The number of anilines is 1. The number of aromatic nitrogens is 1. The van der Waals surface area contributed by atoms with E-state index in [1.54, 1.807) is 6.08 Å². The third kappa shape index (κ3) is 3.22. The molecule has 0 saturated heterocycles. The number of hydrogen-bond acceptors (Lipinski definition) is 5. The summed E-state index contributed by atoms with van der Waals surface area (Å²) in [4.78, 5) is 16.1. The maximum atomic E-state index is 11.8. The summed E-state index contributed by atoms with van der Waals surface area (Å²) < 4.78 is 10.5. The summed E-state index contributed by atoms with van der Waals surface area (Å²) in [6.45, 7) is 2.27. The van der Waals surface area contributed by atoms with Crippen LogP contribution < -0.4 is 14.8 Å². The van der Waals surface area contributed by atoms with Gasteiger partial charge in [-0.2, -0.15) is 0 Å². The number of fused-ring (bicyclic) bond motifs is 1. The smallest absolute Gasteiger partial charge is 0.250 e. The van der Waals surface area contributed by atoms with Gasteiger partial charge in [0.05, 0.1) is 5.69 Å². The second-order valence-electron chi connectivity index (χ2n) is 4.43. The second-order valence-corrected chi connectivity index (χ2v) is 5.29. The average Bonchev–Trinajstić information content (AvgIpc) is 3.13. The molecule has 1 aliphatic heterocycles. The minimum Gasteiger partial charge on any atom is -0.454 e. The molecule has 5 nitrogen and oxygen atoms in total. The van der Waals surface area contributed by atoms with Gasteiger partial charge in [-0.1, -0.05) is 13.0 Å². The molecule has 0 unspecified atom stereocenters. The highest BCUT2D eigenvalue weighted by Gasteiger charge is 2.12. The molecule has 2 aromatic rings. The molecule has 0 spiro atoms. The summed E-state index contributed by atoms with van der Waals surface area (Å²) >= 11 is 1.43. The Labute approximate surface area is 126 Å². The Kier molecular flexibility index (Phi) is 3.87. The summed E-state index contributed by atoms with van der Waals surface area (Å²) in [5, 5.41) is 5.30. The molecule has 1 aromatic carbocycles. The molecule has 1 aliphatic rings. The standard InChI is InChI=1S/C15H14N2O3S/c1-2-11-8-21-15(16-11)17-14(18)6-4-10-3-5-12-13(7-10)20-9-19-12/h3-8H,2,9H2,1H3,(H,16,17,18)/b6-4+. The van der Waals surface area contributed by atoms with Crippen molar-refractivity contribution in [2.75, 3.05) is 12.1 Å². The van der Waals surface area contributed by atoms with E-state index in [9.17, 15) is 4.79 Å². The van der Waals surface area contributed by atoms with E-state index in [2.05, 4.69) is 10.3 Å². The fraction of sp³-hybridized carbons (Fsp3) is 0.200. The molecule has 2 heterocycles. The van der Waals surface area contributed by atoms with Crippen LogP contribution in [0.25, 0.3) is 6.08 Å². The van der Waals surface area contributed by atoms with Gasteiger partial charge in [0.15, 0.2) is 16.6 Å². The average molecular weight is 302 g/mol. The molecule has 1 aromatic heterocycles. The monoisotopic (exact) mass is 302 g/mol. The van der Waals surface area contributed by atoms with Gasteiger partial charge in [0.2, 0.25) is 12.7 Å². The summed E-state index contributed by atoms with van der Waals surface area (Å²) in [7, 11) is 0. The Hall–Kier alpha value is -2.34. The van der Waals surface area contributed by atoms with Crippen LogP contribution in [0, 0.1) is 0 Å². The number of hydrogen-bond donors (Lipinski definition) is 1. The van der Waals surface area contributed by atoms with Gasteiger partial charge >= 0.3 is 0 Å². The van der Waals surface area contributed by atoms with Gasteiger partial charge in [0, 0.05) is 11.5 Å². The van der Waals surface area contributed by atoms with E-state index in [0.29, 0.717) is 10.9 Å². The van der Waals surface area contributed by atoms with Crippen molar-refractivity contribution in [1.29, 1.82) is 0 Å². The lowest BCUT2D eigenvalue weighted by Gasteiger charge is -1.98. The van der Waals surface area contributed by atoms with Crippen molar-refractivity contribution in [3.05, 3.63) is 40.9 Å². The number of ether oxygens (including phenoxy) is 2. The Bertz CT molecular complexity index is 694. The number of nitrogens with one attached hydrogen (secondary N) is 1. The fourth-order valence-corrected chi connectivity index (χ4v) is 2.66. The van der Waals surface area contributed by atoms with Gasteiger partial charge in [-0.15, -0.1) is 11.3 Å². The molecule has 1 amide bonds. The van der Waals surface area contributed by atoms with Crippen LogP contribution in [0.3, 0.4) is 0 Å². The minimum absolute atomic E-state index is 0.204. The number of thiazole rings is 1. The highest BCUT2D eigenvalue weighted by atomic mass is 32.1. The van der Waals surface area contributed by atoms with E-state index in [4.69, 9.17) is 9.47 Å². The van der Waals surface area contributed by atoms with Gasteiger partial charge in [0.25, 0.3) is 0 Å². The first-order valence-electron chi connectivity index (χ1n) is 6.57. The van der Waals surface area contributed by atoms with E-state index >= 15 is 0 Å². The quantitative estimate of drug-likeness (QED) is 0.882. The predicted octanol–water partition coefficient (Wildman–Crippen LogP) is 3.09. The molecule has 6 heteroatoms. The Balaban J connectivity index is 1.64. The van der Waals surface area contributed by atoms with Crippen molar-refractivity contribution in [2.24, 2.45) is 0 Å². The number of carbonyl (C=O) groups is 1. The van der Waals surface area contributed by atoms with Crippen LogP contribution in [-0.4, -0.2) is 17.7 Å². The first-order valence-corrected chi connectivity index (χ1v) is 7.45. The molecular formula is C15H14N2O3S. The van der Waals surface area contributed by atoms with Crippen LogP contribution in [0.1, 0.15) is 18.2 Å². The summed E-state index contributed by atoms with van der Waals surface area (Å²) in [5.41, 5.74) is 1.86. The topological polar surface area (TPSA) is 60.5 Å². The number of rotatable bonds is 4. The largest absolute Gasteiger partial charge is 0.454 e. The molecule has 21 heavy (non-hydrogen) atoms. The zero-order valence-corrected chi connectivity index (χ0v) is 12.3. The summed E-state index contributed by atoms with van der Waals surface area (Å²) in [6.07, 6.45) is 4.07. The highest BCUT2D eigenvalue weighted by molar-refractivity contribution is 7.13. The molecule has 0 saturated carbocycles. The maximum absolute atomic E-state index is 11.8. The summed E-state index contributed by atoms with van der Waals surface area (Å²) in [6, 6.07) is 5.54. The second kappa shape index (κ2) is 5.97. The van der Waals surface area contributed by atoms with Crippen molar-refractivity contribution < 1.29 is 14.3 Å². The maximum Gasteiger partial charge on any atom is 0.250 e. The zero-order chi connectivity index (χ0) is 14.7. The SMILES string of the molecule is CCc1csc(NC(=O)/C=C/c2ccc3c(c2)OCO3)n1. The number of benzene rings is 1. The van der Waals surface area contributed by atoms with Crippen molar-refractivity contribution in [3.63, 3.8) is 0 Å². The van der Waals surface area contributed by atoms with E-state index in [0.717, 1.165) is 23.4 Å². The van der Waals surface area contributed by atoms with Crippen molar-refractivity contribution in [2.45, 2.75) is 13.3 Å². The van der Waals surface area contributed by atoms with Crippen LogP contribution in [0.15, 0.2) is 29.7 Å². The van der Waals surface area contributed by atoms with Crippen LogP contribution >= 0.6 is 11.3 Å². The Morgan fingerprint density at radius 2 is 2.29 bits per heavy atom. The molecule has 0 aliphatic carbocycles. The van der Waals surface area contributed by atoms with E-state index in [-0.39, 0.29) is 12.7 Å². The van der Waals surface area contributed by atoms with Gasteiger partial charge in [0.1, 0.15) is 0 Å². The number of aryl methyl sites for hydroxylation is 1. The molecular weight excluding hydrogens is 288 g/mol. The van der Waals surface area contributed by atoms with Crippen LogP contribution in [0.5, 0.6) is 11.5 Å². The van der Waals surface area contributed by atoms with E-state index < -0.39 is 0 Å². The summed E-state index contributed by atoms with van der Waals surface area (Å²) in [5.74, 6) is 1.22. The van der Waals surface area contributed by atoms with Gasteiger partial charge in [-0.05, 0) is 30.2 Å². The van der Waals surface area contributed by atoms with Crippen molar-refractivity contribution >= 4 is 28.5 Å². The fourth-order valence-electron chi connectivity index (χ4n) is 1.86. The van der Waals surface area contributed by atoms with Gasteiger partial charge in [-0.3, -0.25) is 10.1 Å². The molecule has 3 rings (SSSR count). The van der Waals surface area contributed by atoms with Gasteiger partial charge in [-0.25, -0.2) is 4.98 Å². The molecule has 0 radical (unpaired) electrons. The molecule has 0 atom stereocenters. The van der Waals surface area contributed by atoms with Crippen LogP contribution in [0.2, 0.25) is 0 Å². The molecule has 0 fully saturated rings. The lowest BCUT2D eigenvalue weighted by atomic mass is 10.2.